The molecular weight excluding hydrogens is 463 g/mol. The SMILES string of the molecule is O=C([O-])c1cccc(C2=C(c3cc(C(F)(F)F)cnc3OCc3ccc(F)cc3)CCC2)n1.[Na+]. The summed E-state index contributed by atoms with van der Waals surface area (Å²) in [5, 5.41) is 11.2. The number of carbonyl (C=O) groups excluding carboxylic acids is 1. The predicted molar refractivity (Wildman–Crippen MR) is 109 cm³/mol. The van der Waals surface area contributed by atoms with E-state index < -0.39 is 23.5 Å². The van der Waals surface area contributed by atoms with Crippen LogP contribution in [0, 0.1) is 5.82 Å². The van der Waals surface area contributed by atoms with E-state index in [9.17, 15) is 27.5 Å². The van der Waals surface area contributed by atoms with Crippen LogP contribution in [0.15, 0.2) is 54.7 Å². The van der Waals surface area contributed by atoms with Gasteiger partial charge in [0, 0.05) is 11.8 Å². The van der Waals surface area contributed by atoms with Crippen molar-refractivity contribution >= 4 is 17.1 Å². The van der Waals surface area contributed by atoms with E-state index in [0.717, 1.165) is 6.07 Å². The van der Waals surface area contributed by atoms with Crippen molar-refractivity contribution in [2.45, 2.75) is 32.0 Å². The number of pyridine rings is 2. The van der Waals surface area contributed by atoms with Crippen molar-refractivity contribution in [2.24, 2.45) is 0 Å². The molecule has 0 N–H and O–H groups in total. The summed E-state index contributed by atoms with van der Waals surface area (Å²) < 4.78 is 59.1. The predicted octanol–water partition coefficient (Wildman–Crippen LogP) is 1.68. The van der Waals surface area contributed by atoms with Crippen molar-refractivity contribution in [1.29, 1.82) is 0 Å². The van der Waals surface area contributed by atoms with Gasteiger partial charge in [-0.1, -0.05) is 18.2 Å². The van der Waals surface area contributed by atoms with Gasteiger partial charge in [-0.05, 0) is 66.3 Å². The van der Waals surface area contributed by atoms with Crippen LogP contribution in [-0.2, 0) is 12.8 Å². The van der Waals surface area contributed by atoms with E-state index in [1.54, 1.807) is 6.07 Å². The first-order chi connectivity index (χ1) is 15.7. The number of ether oxygens (including phenoxy) is 1. The zero-order valence-electron chi connectivity index (χ0n) is 18.2. The zero-order valence-corrected chi connectivity index (χ0v) is 20.2. The van der Waals surface area contributed by atoms with Crippen LogP contribution in [0.4, 0.5) is 17.6 Å². The number of hydrogen-bond donors (Lipinski definition) is 0. The molecule has 1 aromatic carbocycles. The van der Waals surface area contributed by atoms with Crippen LogP contribution in [0.3, 0.4) is 0 Å². The summed E-state index contributed by atoms with van der Waals surface area (Å²) in [6, 6.07) is 10.9. The Hall–Kier alpha value is -2.75. The van der Waals surface area contributed by atoms with Gasteiger partial charge in [-0.15, -0.1) is 0 Å². The molecule has 3 aromatic rings. The van der Waals surface area contributed by atoms with Crippen LogP contribution < -0.4 is 39.4 Å². The summed E-state index contributed by atoms with van der Waals surface area (Å²) >= 11 is 0. The van der Waals surface area contributed by atoms with Crippen LogP contribution in [0.2, 0.25) is 0 Å². The number of allylic oxidation sites excluding steroid dienone is 2. The second kappa shape index (κ2) is 10.7. The van der Waals surface area contributed by atoms with Crippen molar-refractivity contribution in [2.75, 3.05) is 0 Å². The third-order valence-electron chi connectivity index (χ3n) is 5.28. The molecule has 34 heavy (non-hydrogen) atoms. The largest absolute Gasteiger partial charge is 1.00 e. The number of hydrogen-bond acceptors (Lipinski definition) is 5. The van der Waals surface area contributed by atoms with Gasteiger partial charge in [0.1, 0.15) is 12.4 Å². The molecule has 0 aliphatic heterocycles. The molecule has 0 bridgehead atoms. The molecule has 0 saturated carbocycles. The van der Waals surface area contributed by atoms with Gasteiger partial charge in [0.15, 0.2) is 0 Å². The normalized spacial score (nSPS) is 13.5. The topological polar surface area (TPSA) is 75.1 Å². The molecule has 10 heteroatoms. The summed E-state index contributed by atoms with van der Waals surface area (Å²) in [6.45, 7) is -0.0212. The third-order valence-corrected chi connectivity index (χ3v) is 5.28. The molecule has 0 fully saturated rings. The maximum atomic E-state index is 13.4. The number of aromatic nitrogens is 2. The van der Waals surface area contributed by atoms with Gasteiger partial charge in [-0.2, -0.15) is 13.2 Å². The number of halogens is 4. The number of aromatic carboxylic acids is 1. The fraction of sp³-hybridized carbons (Fsp3) is 0.208. The number of nitrogens with zero attached hydrogens (tertiary/aromatic N) is 2. The Kier molecular flexibility index (Phi) is 8.12. The van der Waals surface area contributed by atoms with Gasteiger partial charge in [0.2, 0.25) is 5.88 Å². The second-order valence-electron chi connectivity index (χ2n) is 7.50. The molecule has 0 unspecified atom stereocenters. The number of carboxylic acids is 1. The van der Waals surface area contributed by atoms with Gasteiger partial charge in [0.05, 0.1) is 22.9 Å². The Labute approximate surface area is 214 Å². The molecule has 4 rings (SSSR count). The fourth-order valence-electron chi connectivity index (χ4n) is 3.71. The molecule has 0 spiro atoms. The van der Waals surface area contributed by atoms with E-state index in [0.29, 0.717) is 47.9 Å². The Bertz CT molecular complexity index is 1230. The number of rotatable bonds is 6. The van der Waals surface area contributed by atoms with Gasteiger partial charge >= 0.3 is 35.7 Å². The van der Waals surface area contributed by atoms with Gasteiger partial charge < -0.3 is 14.6 Å². The Morgan fingerprint density at radius 1 is 1.06 bits per heavy atom. The molecule has 170 valence electrons. The van der Waals surface area contributed by atoms with Gasteiger partial charge in [-0.3, -0.25) is 0 Å². The first-order valence-electron chi connectivity index (χ1n) is 10.1. The second-order valence-corrected chi connectivity index (χ2v) is 7.50. The Morgan fingerprint density at radius 2 is 1.76 bits per heavy atom. The quantitative estimate of drug-likeness (QED) is 0.397. The number of carbonyl (C=O) groups is 1. The van der Waals surface area contributed by atoms with E-state index in [1.807, 2.05) is 0 Å². The smallest absolute Gasteiger partial charge is 0.543 e. The van der Waals surface area contributed by atoms with Crippen molar-refractivity contribution in [1.82, 2.24) is 9.97 Å². The molecule has 0 radical (unpaired) electrons. The van der Waals surface area contributed by atoms with Crippen molar-refractivity contribution in [3.8, 4) is 5.88 Å². The van der Waals surface area contributed by atoms with E-state index >= 15 is 0 Å². The van der Waals surface area contributed by atoms with Crippen LogP contribution in [0.5, 0.6) is 5.88 Å². The van der Waals surface area contributed by atoms with Crippen molar-refractivity contribution in [3.63, 3.8) is 0 Å². The first kappa shape index (κ1) is 25.9. The summed E-state index contributed by atoms with van der Waals surface area (Å²) in [4.78, 5) is 19.2. The van der Waals surface area contributed by atoms with Gasteiger partial charge in [0.25, 0.3) is 0 Å². The number of carboxylic acid groups (broad SMARTS) is 1. The van der Waals surface area contributed by atoms with Crippen LogP contribution in [0.1, 0.15) is 52.1 Å². The fourth-order valence-corrected chi connectivity index (χ4v) is 3.71. The summed E-state index contributed by atoms with van der Waals surface area (Å²) in [7, 11) is 0. The summed E-state index contributed by atoms with van der Waals surface area (Å²) in [5.74, 6) is -1.86. The maximum absolute atomic E-state index is 13.4. The Balaban J connectivity index is 0.00000324. The maximum Gasteiger partial charge on any atom is 1.00 e. The van der Waals surface area contributed by atoms with E-state index in [4.69, 9.17) is 4.74 Å². The van der Waals surface area contributed by atoms with Crippen molar-refractivity contribution < 1.29 is 61.8 Å². The molecule has 1 aliphatic carbocycles. The van der Waals surface area contributed by atoms with Crippen LogP contribution in [0.25, 0.3) is 11.1 Å². The summed E-state index contributed by atoms with van der Waals surface area (Å²) in [5.41, 5.74) is 1.14. The van der Waals surface area contributed by atoms with E-state index in [2.05, 4.69) is 9.97 Å². The minimum atomic E-state index is -4.61. The third kappa shape index (κ3) is 5.84. The van der Waals surface area contributed by atoms with Crippen LogP contribution in [-0.4, -0.2) is 15.9 Å². The van der Waals surface area contributed by atoms with Gasteiger partial charge in [-0.25, -0.2) is 14.4 Å². The average Bonchev–Trinajstić information content (AvgIpc) is 3.28. The Morgan fingerprint density at radius 3 is 2.44 bits per heavy atom. The molecule has 2 aromatic heterocycles. The molecule has 0 amide bonds. The first-order valence-corrected chi connectivity index (χ1v) is 10.1. The molecule has 0 saturated heterocycles. The molecule has 0 atom stereocenters. The van der Waals surface area contributed by atoms with Crippen molar-refractivity contribution in [3.05, 3.63) is 88.6 Å². The molecule has 1 aliphatic rings. The van der Waals surface area contributed by atoms with E-state index in [1.165, 1.54) is 36.4 Å². The number of alkyl halides is 3. The standard InChI is InChI=1S/C24H18F4N2O3.Na/c25-16-9-7-14(8-10-16)13-33-22-19(11-15(12-29-22)24(26,27)28)17-3-1-4-18(17)20-5-2-6-21(30-20)23(31)32;/h2,5-12H,1,3-4,13H2,(H,31,32);/q;+1/p-1. The summed E-state index contributed by atoms with van der Waals surface area (Å²) in [6.07, 6.45) is -2.30. The number of benzene rings is 1. The minimum Gasteiger partial charge on any atom is -0.543 e. The minimum absolute atomic E-state index is 0. The van der Waals surface area contributed by atoms with E-state index in [-0.39, 0.29) is 53.3 Å². The molecule has 5 nitrogen and oxygen atoms in total. The van der Waals surface area contributed by atoms with Crippen LogP contribution >= 0.6 is 0 Å². The molecule has 2 heterocycles. The monoisotopic (exact) mass is 480 g/mol. The molecular formula is C24H17F4N2NaO3. The average molecular weight is 480 g/mol. The zero-order chi connectivity index (χ0) is 23.6.